The Morgan fingerprint density at radius 3 is 2.50 bits per heavy atom. The Balaban J connectivity index is 1.24. The maximum atomic E-state index is 13.2. The van der Waals surface area contributed by atoms with Crippen molar-refractivity contribution >= 4 is 17.6 Å². The van der Waals surface area contributed by atoms with Gasteiger partial charge in [0.2, 0.25) is 0 Å². The number of hydrogen-bond acceptors (Lipinski definition) is 7. The standard InChI is InChI=1S/C30H30N2O6/c1-30(2)17-22-10-7-11-26(29(22)38-30)36-19-28(34)37-18-27(33)32-25(21-12-14-23(35-3)15-13-21)16-24(31-32)20-8-5-4-6-9-20/h4-15,25H,16-19H2,1-3H3/t25-/m1/s1. The monoisotopic (exact) mass is 514 g/mol. The van der Waals surface area contributed by atoms with Gasteiger partial charge in [-0.2, -0.15) is 5.10 Å². The topological polar surface area (TPSA) is 86.7 Å². The van der Waals surface area contributed by atoms with Crippen LogP contribution in [0, 0.1) is 0 Å². The van der Waals surface area contributed by atoms with Crippen LogP contribution in [0.5, 0.6) is 17.2 Å². The summed E-state index contributed by atoms with van der Waals surface area (Å²) in [6.07, 6.45) is 1.30. The predicted octanol–water partition coefficient (Wildman–Crippen LogP) is 4.71. The first-order valence-corrected chi connectivity index (χ1v) is 12.5. The average Bonchev–Trinajstić information content (AvgIpc) is 3.51. The molecule has 2 aliphatic rings. The van der Waals surface area contributed by atoms with E-state index in [0.717, 1.165) is 34.6 Å². The Morgan fingerprint density at radius 1 is 1.00 bits per heavy atom. The molecule has 38 heavy (non-hydrogen) atoms. The molecule has 0 saturated heterocycles. The minimum absolute atomic E-state index is 0.328. The Hall–Kier alpha value is -4.33. The van der Waals surface area contributed by atoms with E-state index in [1.807, 2.05) is 80.6 Å². The van der Waals surface area contributed by atoms with Gasteiger partial charge < -0.3 is 18.9 Å². The number of nitrogens with zero attached hydrogens (tertiary/aromatic N) is 2. The molecule has 8 nitrogen and oxygen atoms in total. The zero-order valence-electron chi connectivity index (χ0n) is 21.7. The van der Waals surface area contributed by atoms with Gasteiger partial charge in [0.25, 0.3) is 5.91 Å². The fourth-order valence-corrected chi connectivity index (χ4v) is 4.72. The minimum Gasteiger partial charge on any atom is -0.497 e. The summed E-state index contributed by atoms with van der Waals surface area (Å²) in [5.41, 5.74) is 3.33. The normalized spacial score (nSPS) is 17.3. The molecule has 3 aromatic rings. The average molecular weight is 515 g/mol. The second kappa shape index (κ2) is 10.6. The van der Waals surface area contributed by atoms with E-state index in [4.69, 9.17) is 18.9 Å². The number of fused-ring (bicyclic) bond motifs is 1. The van der Waals surface area contributed by atoms with Crippen LogP contribution in [0.3, 0.4) is 0 Å². The number of carbonyl (C=O) groups is 2. The molecule has 0 fully saturated rings. The van der Waals surface area contributed by atoms with Crippen molar-refractivity contribution in [3.63, 3.8) is 0 Å². The molecule has 1 atom stereocenters. The fraction of sp³-hybridized carbons (Fsp3) is 0.300. The lowest BCUT2D eigenvalue weighted by atomic mass is 9.98. The van der Waals surface area contributed by atoms with E-state index in [1.165, 1.54) is 5.01 Å². The maximum absolute atomic E-state index is 13.2. The number of carbonyl (C=O) groups excluding carboxylic acids is 2. The number of ether oxygens (including phenoxy) is 4. The van der Waals surface area contributed by atoms with E-state index in [2.05, 4.69) is 5.10 Å². The van der Waals surface area contributed by atoms with Crippen LogP contribution in [-0.4, -0.2) is 48.5 Å². The molecule has 0 radical (unpaired) electrons. The molecule has 0 aromatic heterocycles. The van der Waals surface area contributed by atoms with Crippen LogP contribution in [0.4, 0.5) is 0 Å². The summed E-state index contributed by atoms with van der Waals surface area (Å²) in [5.74, 6) is 0.772. The molecule has 0 unspecified atom stereocenters. The molecular weight excluding hydrogens is 484 g/mol. The smallest absolute Gasteiger partial charge is 0.344 e. The van der Waals surface area contributed by atoms with Crippen LogP contribution in [0.1, 0.15) is 43.0 Å². The third kappa shape index (κ3) is 5.49. The quantitative estimate of drug-likeness (QED) is 0.405. The van der Waals surface area contributed by atoms with Gasteiger partial charge in [-0.1, -0.05) is 54.6 Å². The first-order valence-electron chi connectivity index (χ1n) is 12.5. The first-order chi connectivity index (χ1) is 18.3. The molecule has 2 heterocycles. The minimum atomic E-state index is -0.652. The van der Waals surface area contributed by atoms with E-state index in [0.29, 0.717) is 17.9 Å². The van der Waals surface area contributed by atoms with Gasteiger partial charge in [0.05, 0.1) is 18.9 Å². The van der Waals surface area contributed by atoms with Gasteiger partial charge >= 0.3 is 5.97 Å². The largest absolute Gasteiger partial charge is 0.497 e. The Morgan fingerprint density at radius 2 is 1.76 bits per heavy atom. The Bertz CT molecular complexity index is 1350. The first kappa shape index (κ1) is 25.3. The number of hydrogen-bond donors (Lipinski definition) is 0. The van der Waals surface area contributed by atoms with Gasteiger partial charge in [-0.25, -0.2) is 9.80 Å². The van der Waals surface area contributed by atoms with Crippen molar-refractivity contribution in [2.45, 2.75) is 38.3 Å². The summed E-state index contributed by atoms with van der Waals surface area (Å²) in [5, 5.41) is 6.01. The number of rotatable bonds is 8. The molecule has 8 heteroatoms. The molecule has 5 rings (SSSR count). The van der Waals surface area contributed by atoms with E-state index in [-0.39, 0.29) is 18.2 Å². The van der Waals surface area contributed by atoms with Gasteiger partial charge in [-0.15, -0.1) is 0 Å². The summed E-state index contributed by atoms with van der Waals surface area (Å²) in [6, 6.07) is 22.5. The number of esters is 1. The number of hydrazone groups is 1. The molecule has 2 aliphatic heterocycles. The van der Waals surface area contributed by atoms with Gasteiger partial charge in [0, 0.05) is 18.4 Å². The van der Waals surface area contributed by atoms with Crippen LogP contribution in [0.15, 0.2) is 77.9 Å². The van der Waals surface area contributed by atoms with E-state index in [1.54, 1.807) is 13.2 Å². The zero-order valence-corrected chi connectivity index (χ0v) is 21.7. The molecular formula is C30H30N2O6. The van der Waals surface area contributed by atoms with Crippen molar-refractivity contribution in [2.75, 3.05) is 20.3 Å². The lowest BCUT2D eigenvalue weighted by Crippen LogP contribution is -2.32. The van der Waals surface area contributed by atoms with E-state index in [9.17, 15) is 9.59 Å². The molecule has 1 amide bonds. The van der Waals surface area contributed by atoms with Gasteiger partial charge in [-0.3, -0.25) is 4.79 Å². The van der Waals surface area contributed by atoms with Crippen molar-refractivity contribution in [3.8, 4) is 17.2 Å². The second-order valence-corrected chi connectivity index (χ2v) is 9.88. The highest BCUT2D eigenvalue weighted by Gasteiger charge is 2.34. The summed E-state index contributed by atoms with van der Waals surface area (Å²) >= 11 is 0. The van der Waals surface area contributed by atoms with Crippen molar-refractivity contribution in [2.24, 2.45) is 5.10 Å². The summed E-state index contributed by atoms with van der Waals surface area (Å²) < 4.78 is 22.2. The lowest BCUT2D eigenvalue weighted by molar-refractivity contribution is -0.154. The van der Waals surface area contributed by atoms with Crippen LogP contribution in [-0.2, 0) is 20.7 Å². The molecule has 3 aromatic carbocycles. The number of benzene rings is 3. The lowest BCUT2D eigenvalue weighted by Gasteiger charge is -2.22. The van der Waals surface area contributed by atoms with Crippen LogP contribution < -0.4 is 14.2 Å². The summed E-state index contributed by atoms with van der Waals surface area (Å²) in [4.78, 5) is 25.7. The van der Waals surface area contributed by atoms with Gasteiger partial charge in [0.1, 0.15) is 11.4 Å². The summed E-state index contributed by atoms with van der Waals surface area (Å²) in [6.45, 7) is 3.21. The molecule has 196 valence electrons. The fourth-order valence-electron chi connectivity index (χ4n) is 4.72. The van der Waals surface area contributed by atoms with Gasteiger partial charge in [-0.05, 0) is 43.2 Å². The molecule has 0 saturated carbocycles. The van der Waals surface area contributed by atoms with Crippen molar-refractivity contribution < 1.29 is 28.5 Å². The van der Waals surface area contributed by atoms with Crippen LogP contribution in [0.25, 0.3) is 0 Å². The van der Waals surface area contributed by atoms with Crippen LogP contribution >= 0.6 is 0 Å². The third-order valence-corrected chi connectivity index (χ3v) is 6.53. The van der Waals surface area contributed by atoms with Crippen molar-refractivity contribution in [1.29, 1.82) is 0 Å². The molecule has 0 aliphatic carbocycles. The zero-order chi connectivity index (χ0) is 26.7. The predicted molar refractivity (Wildman–Crippen MR) is 141 cm³/mol. The van der Waals surface area contributed by atoms with Crippen molar-refractivity contribution in [1.82, 2.24) is 5.01 Å². The SMILES string of the molecule is COc1ccc([C@H]2CC(c3ccccc3)=NN2C(=O)COC(=O)COc2cccc3c2OC(C)(C)C3)cc1. The van der Waals surface area contributed by atoms with E-state index >= 15 is 0 Å². The Kier molecular flexibility index (Phi) is 7.05. The highest BCUT2D eigenvalue weighted by Crippen LogP contribution is 2.41. The van der Waals surface area contributed by atoms with Gasteiger partial charge in [0.15, 0.2) is 24.7 Å². The van der Waals surface area contributed by atoms with Crippen molar-refractivity contribution in [3.05, 3.63) is 89.5 Å². The Labute approximate surface area is 221 Å². The number of amides is 1. The number of para-hydroxylation sites is 1. The molecule has 0 N–H and O–H groups in total. The summed E-state index contributed by atoms with van der Waals surface area (Å²) in [7, 11) is 1.61. The molecule has 0 spiro atoms. The van der Waals surface area contributed by atoms with Crippen LogP contribution in [0.2, 0.25) is 0 Å². The highest BCUT2D eigenvalue weighted by molar-refractivity contribution is 6.03. The second-order valence-electron chi connectivity index (χ2n) is 9.88. The highest BCUT2D eigenvalue weighted by atomic mass is 16.6. The third-order valence-electron chi connectivity index (χ3n) is 6.53. The van der Waals surface area contributed by atoms with E-state index < -0.39 is 18.5 Å². The molecule has 0 bridgehead atoms. The maximum Gasteiger partial charge on any atom is 0.344 e. The number of methoxy groups -OCH3 is 1.